The first-order chi connectivity index (χ1) is 9.91. The molecule has 0 aromatic heterocycles. The first-order valence-corrected chi connectivity index (χ1v) is 8.53. The van der Waals surface area contributed by atoms with Crippen LogP contribution in [0.15, 0.2) is 0 Å². The minimum absolute atomic E-state index is 0.163. The molecule has 1 rings (SSSR count). The molecular weight excluding hydrogens is 264 g/mol. The molecule has 0 aromatic rings. The van der Waals surface area contributed by atoms with Crippen LogP contribution in [0.25, 0.3) is 0 Å². The minimum atomic E-state index is -0.163. The fourth-order valence-corrected chi connectivity index (χ4v) is 3.17. The Hall–Kier alpha value is -0.160. The van der Waals surface area contributed by atoms with Crippen LogP contribution >= 0.6 is 0 Å². The highest BCUT2D eigenvalue weighted by molar-refractivity contribution is 4.87. The second-order valence-electron chi connectivity index (χ2n) is 7.23. The van der Waals surface area contributed by atoms with Gasteiger partial charge < -0.3 is 15.2 Å². The molecule has 0 radical (unpaired) electrons. The topological polar surface area (TPSA) is 44.7 Å². The molecule has 4 nitrogen and oxygen atoms in total. The van der Waals surface area contributed by atoms with Crippen molar-refractivity contribution in [1.82, 2.24) is 10.2 Å². The van der Waals surface area contributed by atoms with Crippen LogP contribution in [-0.2, 0) is 4.74 Å². The third-order valence-electron chi connectivity index (χ3n) is 4.62. The summed E-state index contributed by atoms with van der Waals surface area (Å²) in [6.45, 7) is 11.8. The third kappa shape index (κ3) is 7.09. The molecule has 1 aliphatic rings. The molecule has 0 spiro atoms. The summed E-state index contributed by atoms with van der Waals surface area (Å²) in [5.41, 5.74) is -0.163. The van der Waals surface area contributed by atoms with Gasteiger partial charge in [0.2, 0.25) is 0 Å². The highest BCUT2D eigenvalue weighted by atomic mass is 16.5. The van der Waals surface area contributed by atoms with Gasteiger partial charge in [-0.25, -0.2) is 0 Å². The average molecular weight is 300 g/mol. The van der Waals surface area contributed by atoms with Crippen LogP contribution in [0.1, 0.15) is 53.4 Å². The Morgan fingerprint density at radius 2 is 1.95 bits per heavy atom. The summed E-state index contributed by atoms with van der Waals surface area (Å²) in [5.74, 6) is 0.889. The molecule has 0 aromatic carbocycles. The molecule has 4 heteroatoms. The Kier molecular flexibility index (Phi) is 8.17. The maximum absolute atomic E-state index is 9.65. The lowest BCUT2D eigenvalue weighted by atomic mass is 9.95. The second-order valence-corrected chi connectivity index (χ2v) is 7.23. The highest BCUT2D eigenvalue weighted by Gasteiger charge is 2.32. The fourth-order valence-electron chi connectivity index (χ4n) is 3.17. The molecule has 21 heavy (non-hydrogen) atoms. The number of ether oxygens (including phenoxy) is 1. The number of aliphatic hydroxyl groups excluding tert-OH is 1. The molecule has 0 bridgehead atoms. The van der Waals surface area contributed by atoms with Crippen LogP contribution in [-0.4, -0.2) is 61.0 Å². The van der Waals surface area contributed by atoms with Crippen LogP contribution in [0.3, 0.4) is 0 Å². The number of methoxy groups -OCH3 is 1. The Balaban J connectivity index is 2.40. The lowest BCUT2D eigenvalue weighted by Gasteiger charge is -2.34. The van der Waals surface area contributed by atoms with Gasteiger partial charge in [-0.2, -0.15) is 0 Å². The molecular formula is C17H36N2O2. The van der Waals surface area contributed by atoms with Crippen LogP contribution < -0.4 is 5.32 Å². The molecule has 0 aliphatic heterocycles. The Morgan fingerprint density at radius 3 is 2.43 bits per heavy atom. The largest absolute Gasteiger partial charge is 0.394 e. The molecule has 2 N–H and O–H groups in total. The van der Waals surface area contributed by atoms with Gasteiger partial charge in [0.25, 0.3) is 0 Å². The molecule has 0 amide bonds. The van der Waals surface area contributed by atoms with Gasteiger partial charge in [-0.3, -0.25) is 4.90 Å². The zero-order chi connectivity index (χ0) is 15.9. The molecule has 2 unspecified atom stereocenters. The Morgan fingerprint density at radius 1 is 1.29 bits per heavy atom. The van der Waals surface area contributed by atoms with Crippen molar-refractivity contribution in [3.63, 3.8) is 0 Å². The Labute approximate surface area is 131 Å². The number of hydrogen-bond donors (Lipinski definition) is 2. The lowest BCUT2D eigenvalue weighted by Crippen LogP contribution is -2.49. The number of rotatable bonds is 12. The van der Waals surface area contributed by atoms with E-state index in [2.05, 4.69) is 37.9 Å². The van der Waals surface area contributed by atoms with Gasteiger partial charge in [-0.1, -0.05) is 13.8 Å². The van der Waals surface area contributed by atoms with Gasteiger partial charge >= 0.3 is 0 Å². The summed E-state index contributed by atoms with van der Waals surface area (Å²) in [4.78, 5) is 2.56. The van der Waals surface area contributed by atoms with E-state index in [1.54, 1.807) is 7.11 Å². The SMILES string of the molecule is COCCN(CCCC(C)(CO)NC(C)C)C(C)C1CC1. The first-order valence-electron chi connectivity index (χ1n) is 8.53. The van der Waals surface area contributed by atoms with Gasteiger partial charge in [0.05, 0.1) is 13.2 Å². The molecule has 1 saturated carbocycles. The summed E-state index contributed by atoms with van der Waals surface area (Å²) in [6, 6.07) is 1.07. The summed E-state index contributed by atoms with van der Waals surface area (Å²) in [5, 5.41) is 13.1. The summed E-state index contributed by atoms with van der Waals surface area (Å²) >= 11 is 0. The van der Waals surface area contributed by atoms with Crippen LogP contribution in [0.5, 0.6) is 0 Å². The van der Waals surface area contributed by atoms with E-state index in [0.717, 1.165) is 38.5 Å². The maximum Gasteiger partial charge on any atom is 0.0610 e. The van der Waals surface area contributed by atoms with E-state index in [4.69, 9.17) is 4.74 Å². The molecule has 2 atom stereocenters. The van der Waals surface area contributed by atoms with Crippen LogP contribution in [0, 0.1) is 5.92 Å². The van der Waals surface area contributed by atoms with Crippen molar-refractivity contribution in [2.75, 3.05) is 33.4 Å². The number of nitrogens with zero attached hydrogens (tertiary/aromatic N) is 1. The lowest BCUT2D eigenvalue weighted by molar-refractivity contribution is 0.106. The van der Waals surface area contributed by atoms with Crippen molar-refractivity contribution >= 4 is 0 Å². The van der Waals surface area contributed by atoms with E-state index < -0.39 is 0 Å². The zero-order valence-corrected chi connectivity index (χ0v) is 14.7. The minimum Gasteiger partial charge on any atom is -0.394 e. The molecule has 0 heterocycles. The second kappa shape index (κ2) is 9.09. The first kappa shape index (κ1) is 18.9. The van der Waals surface area contributed by atoms with Crippen molar-refractivity contribution in [2.24, 2.45) is 5.92 Å². The van der Waals surface area contributed by atoms with Crippen LogP contribution in [0.4, 0.5) is 0 Å². The molecule has 1 aliphatic carbocycles. The normalized spacial score (nSPS) is 20.0. The highest BCUT2D eigenvalue weighted by Crippen LogP contribution is 2.35. The number of nitrogens with one attached hydrogen (secondary N) is 1. The van der Waals surface area contributed by atoms with Crippen molar-refractivity contribution in [3.8, 4) is 0 Å². The Bertz CT molecular complexity index is 282. The maximum atomic E-state index is 9.65. The predicted molar refractivity (Wildman–Crippen MR) is 88.6 cm³/mol. The van der Waals surface area contributed by atoms with Crippen molar-refractivity contribution in [2.45, 2.75) is 71.0 Å². The van der Waals surface area contributed by atoms with Gasteiger partial charge in [0.15, 0.2) is 0 Å². The van der Waals surface area contributed by atoms with E-state index in [9.17, 15) is 5.11 Å². The van der Waals surface area contributed by atoms with E-state index in [-0.39, 0.29) is 12.1 Å². The molecule has 1 fully saturated rings. The van der Waals surface area contributed by atoms with Gasteiger partial charge in [-0.15, -0.1) is 0 Å². The van der Waals surface area contributed by atoms with E-state index in [1.165, 1.54) is 12.8 Å². The number of aliphatic hydroxyl groups is 1. The third-order valence-corrected chi connectivity index (χ3v) is 4.62. The standard InChI is InChI=1S/C17H36N2O2/c1-14(2)18-17(4,13-20)9-6-10-19(11-12-21-5)15(3)16-7-8-16/h14-16,18,20H,6-13H2,1-5H3. The van der Waals surface area contributed by atoms with Gasteiger partial charge in [-0.05, 0) is 52.0 Å². The van der Waals surface area contributed by atoms with E-state index in [1.807, 2.05) is 0 Å². The average Bonchev–Trinajstić information content (AvgIpc) is 3.25. The van der Waals surface area contributed by atoms with Crippen molar-refractivity contribution in [1.29, 1.82) is 0 Å². The monoisotopic (exact) mass is 300 g/mol. The fraction of sp³-hybridized carbons (Fsp3) is 1.00. The number of hydrogen-bond acceptors (Lipinski definition) is 4. The van der Waals surface area contributed by atoms with E-state index in [0.29, 0.717) is 12.1 Å². The molecule has 126 valence electrons. The quantitative estimate of drug-likeness (QED) is 0.580. The smallest absolute Gasteiger partial charge is 0.0610 e. The summed E-state index contributed by atoms with van der Waals surface area (Å²) < 4.78 is 5.25. The summed E-state index contributed by atoms with van der Waals surface area (Å²) in [6.07, 6.45) is 4.88. The van der Waals surface area contributed by atoms with Gasteiger partial charge in [0.1, 0.15) is 0 Å². The molecule has 0 saturated heterocycles. The van der Waals surface area contributed by atoms with E-state index >= 15 is 0 Å². The predicted octanol–water partition coefficient (Wildman–Crippen LogP) is 2.26. The van der Waals surface area contributed by atoms with Gasteiger partial charge in [0, 0.05) is 31.3 Å². The van der Waals surface area contributed by atoms with Crippen molar-refractivity contribution < 1.29 is 9.84 Å². The van der Waals surface area contributed by atoms with Crippen LogP contribution in [0.2, 0.25) is 0 Å². The van der Waals surface area contributed by atoms with Crippen molar-refractivity contribution in [3.05, 3.63) is 0 Å². The zero-order valence-electron chi connectivity index (χ0n) is 14.7. The summed E-state index contributed by atoms with van der Waals surface area (Å²) in [7, 11) is 1.77.